The maximum Gasteiger partial charge on any atom is 0.160 e. The van der Waals surface area contributed by atoms with Gasteiger partial charge < -0.3 is 17.8 Å². The van der Waals surface area contributed by atoms with Crippen LogP contribution < -0.4 is 5.22 Å². The molecule has 0 N–H and O–H groups in total. The van der Waals surface area contributed by atoms with E-state index >= 15 is 0 Å². The summed E-state index contributed by atoms with van der Waals surface area (Å²) in [5, 5.41) is 10.8. The van der Waals surface area contributed by atoms with E-state index in [9.17, 15) is 0 Å². The van der Waals surface area contributed by atoms with Crippen LogP contribution in [0.5, 0.6) is 0 Å². The van der Waals surface area contributed by atoms with E-state index in [4.69, 9.17) is 8.83 Å². The molecule has 13 rings (SSSR count). The minimum absolute atomic E-state index is 0.206. The van der Waals surface area contributed by atoms with Gasteiger partial charge in [-0.05, 0) is 66.1 Å². The Balaban J connectivity index is 1.08. The molecule has 1 aliphatic rings. The second kappa shape index (κ2) is 9.51. The minimum Gasteiger partial charge on any atom is -0.454 e. The molecule has 0 radical (unpaired) electrons. The number of hydrogen-bond donors (Lipinski definition) is 0. The van der Waals surface area contributed by atoms with Crippen molar-refractivity contribution in [1.82, 2.24) is 8.97 Å². The van der Waals surface area contributed by atoms with Crippen LogP contribution in [-0.2, 0) is 6.42 Å². The molecule has 242 valence electrons. The van der Waals surface area contributed by atoms with Gasteiger partial charge in [-0.2, -0.15) is 0 Å². The lowest BCUT2D eigenvalue weighted by Gasteiger charge is -2.18. The molecule has 5 aromatic heterocycles. The lowest BCUT2D eigenvalue weighted by molar-refractivity contribution is 0.670. The van der Waals surface area contributed by atoms with Crippen LogP contribution >= 0.6 is 0 Å². The van der Waals surface area contributed by atoms with Gasteiger partial charge in [-0.25, -0.2) is 0 Å². The zero-order valence-electron chi connectivity index (χ0n) is 27.9. The fraction of sp³-hybridized carbons (Fsp3) is 0.0417. The Bertz CT molecular complexity index is 3500. The molecule has 52 heavy (non-hydrogen) atoms. The largest absolute Gasteiger partial charge is 0.454 e. The van der Waals surface area contributed by atoms with E-state index < -0.39 is 0 Å². The number of nitrogens with zero attached hydrogens (tertiary/aromatic N) is 2. The van der Waals surface area contributed by atoms with E-state index in [-0.39, 0.29) is 5.92 Å². The van der Waals surface area contributed by atoms with Crippen LogP contribution in [0.3, 0.4) is 0 Å². The molecule has 0 aliphatic heterocycles. The molecule has 0 spiro atoms. The first kappa shape index (κ1) is 27.0. The van der Waals surface area contributed by atoms with Crippen LogP contribution in [0.1, 0.15) is 17.0 Å². The Morgan fingerprint density at radius 2 is 0.962 bits per heavy atom. The monoisotopic (exact) mass is 664 g/mol. The summed E-state index contributed by atoms with van der Waals surface area (Å²) < 4.78 is 18.3. The third kappa shape index (κ3) is 3.28. The van der Waals surface area contributed by atoms with Gasteiger partial charge in [0.1, 0.15) is 11.2 Å². The highest BCUT2D eigenvalue weighted by Gasteiger charge is 2.29. The maximum atomic E-state index is 6.74. The molecule has 0 saturated carbocycles. The lowest BCUT2D eigenvalue weighted by Crippen LogP contribution is -2.13. The fourth-order valence-corrected chi connectivity index (χ4v) is 9.60. The lowest BCUT2D eigenvalue weighted by atomic mass is 9.86. The van der Waals surface area contributed by atoms with Crippen molar-refractivity contribution in [3.8, 4) is 5.69 Å². The second-order valence-electron chi connectivity index (χ2n) is 14.4. The topological polar surface area (TPSA) is 35.6 Å². The van der Waals surface area contributed by atoms with Gasteiger partial charge in [0.2, 0.25) is 0 Å². The van der Waals surface area contributed by atoms with Gasteiger partial charge in [0.05, 0.1) is 27.6 Å². The average molecular weight is 665 g/mol. The standard InChI is InChI=1S/C48H28N2O2/c1-5-13-40-30(9-1)31-10-2-6-14-41(31)49(40)29-19-17-27(18-20-29)28-25-38-34-21-23-36-32-11-3-7-15-42(32)51-47(36)45(34)50-44(38)39(26-28)35-22-24-37-33-12-4-8-16-43(33)52-48(37)46(35)50/h1-25,28H,26H2. The van der Waals surface area contributed by atoms with Crippen molar-refractivity contribution in [2.45, 2.75) is 12.3 Å². The molecule has 7 aromatic carbocycles. The number of rotatable bonds is 2. The van der Waals surface area contributed by atoms with Crippen molar-refractivity contribution >= 4 is 99.1 Å². The molecular formula is C48H28N2O2. The minimum atomic E-state index is 0.206. The van der Waals surface area contributed by atoms with Gasteiger partial charge in [-0.3, -0.25) is 0 Å². The maximum absolute atomic E-state index is 6.74. The van der Waals surface area contributed by atoms with Crippen molar-refractivity contribution in [3.63, 3.8) is 0 Å². The SMILES string of the molecule is C1=c2c3ccc4c5ccccc5oc4c3n3c2c(c2ccc4c5ccccc5oc4c23)CC1c1ccc(-n2c3ccccc3c3ccccc32)cc1. The highest BCUT2D eigenvalue weighted by molar-refractivity contribution is 6.22. The van der Waals surface area contributed by atoms with Crippen LogP contribution in [0.4, 0.5) is 0 Å². The van der Waals surface area contributed by atoms with Gasteiger partial charge in [0, 0.05) is 59.9 Å². The van der Waals surface area contributed by atoms with Gasteiger partial charge >= 0.3 is 0 Å². The zero-order valence-corrected chi connectivity index (χ0v) is 27.9. The van der Waals surface area contributed by atoms with E-state index in [1.165, 1.54) is 60.1 Å². The number of para-hydroxylation sites is 4. The van der Waals surface area contributed by atoms with E-state index in [0.717, 1.165) is 61.3 Å². The summed E-state index contributed by atoms with van der Waals surface area (Å²) in [4.78, 5) is 0. The Morgan fingerprint density at radius 3 is 1.60 bits per heavy atom. The molecular weight excluding hydrogens is 637 g/mol. The highest BCUT2D eigenvalue weighted by atomic mass is 16.3. The molecule has 0 fully saturated rings. The number of benzene rings is 7. The van der Waals surface area contributed by atoms with Crippen molar-refractivity contribution in [2.24, 2.45) is 0 Å². The number of furan rings is 2. The van der Waals surface area contributed by atoms with Crippen LogP contribution in [0.15, 0.2) is 154 Å². The summed E-state index contributed by atoms with van der Waals surface area (Å²) >= 11 is 0. The molecule has 0 bridgehead atoms. The molecule has 1 atom stereocenters. The summed E-state index contributed by atoms with van der Waals surface area (Å²) in [7, 11) is 0. The molecule has 5 heterocycles. The smallest absolute Gasteiger partial charge is 0.160 e. The number of fused-ring (bicyclic) bond motifs is 17. The zero-order chi connectivity index (χ0) is 33.7. The molecule has 1 aliphatic carbocycles. The van der Waals surface area contributed by atoms with Crippen LogP contribution in [-0.4, -0.2) is 8.97 Å². The summed E-state index contributed by atoms with van der Waals surface area (Å²) in [5.41, 5.74) is 13.5. The Hall–Kier alpha value is -6.78. The fourth-order valence-electron chi connectivity index (χ4n) is 9.60. The first-order valence-electron chi connectivity index (χ1n) is 18.0. The Morgan fingerprint density at radius 1 is 0.442 bits per heavy atom. The third-order valence-corrected chi connectivity index (χ3v) is 11.8. The molecule has 0 saturated heterocycles. The molecule has 4 heteroatoms. The van der Waals surface area contributed by atoms with E-state index in [0.29, 0.717) is 0 Å². The first-order valence-corrected chi connectivity index (χ1v) is 18.0. The van der Waals surface area contributed by atoms with E-state index in [1.807, 2.05) is 6.07 Å². The first-order chi connectivity index (χ1) is 25.8. The number of aromatic nitrogens is 2. The van der Waals surface area contributed by atoms with Crippen molar-refractivity contribution in [2.75, 3.05) is 0 Å². The average Bonchev–Trinajstić information content (AvgIpc) is 4.00. The van der Waals surface area contributed by atoms with E-state index in [1.54, 1.807) is 0 Å². The highest BCUT2D eigenvalue weighted by Crippen LogP contribution is 2.44. The van der Waals surface area contributed by atoms with Crippen molar-refractivity contribution < 1.29 is 8.83 Å². The second-order valence-corrected chi connectivity index (χ2v) is 14.4. The van der Waals surface area contributed by atoms with Gasteiger partial charge in [0.15, 0.2) is 11.2 Å². The van der Waals surface area contributed by atoms with Gasteiger partial charge in [-0.1, -0.05) is 103 Å². The normalized spacial score (nSPS) is 14.8. The summed E-state index contributed by atoms with van der Waals surface area (Å²) in [5.74, 6) is 0.206. The van der Waals surface area contributed by atoms with E-state index in [2.05, 4.69) is 155 Å². The predicted molar refractivity (Wildman–Crippen MR) is 214 cm³/mol. The molecule has 1 unspecified atom stereocenters. The Kier molecular flexibility index (Phi) is 4.94. The van der Waals surface area contributed by atoms with Gasteiger partial charge in [0.25, 0.3) is 0 Å². The quantitative estimate of drug-likeness (QED) is 0.184. The molecule has 12 aromatic rings. The Labute approximate surface area is 296 Å². The van der Waals surface area contributed by atoms with Crippen molar-refractivity contribution in [1.29, 1.82) is 0 Å². The van der Waals surface area contributed by atoms with Crippen LogP contribution in [0.25, 0.3) is 105 Å². The summed E-state index contributed by atoms with van der Waals surface area (Å²) in [6.07, 6.45) is 3.41. The summed E-state index contributed by atoms with van der Waals surface area (Å²) in [6, 6.07) is 52.6. The summed E-state index contributed by atoms with van der Waals surface area (Å²) in [6.45, 7) is 0. The third-order valence-electron chi connectivity index (χ3n) is 11.8. The molecule has 4 nitrogen and oxygen atoms in total. The molecule has 0 amide bonds. The van der Waals surface area contributed by atoms with Crippen LogP contribution in [0, 0.1) is 0 Å². The predicted octanol–water partition coefficient (Wildman–Crippen LogP) is 12.0. The number of hydrogen-bond acceptors (Lipinski definition) is 2. The van der Waals surface area contributed by atoms with Gasteiger partial charge in [-0.15, -0.1) is 0 Å². The van der Waals surface area contributed by atoms with Crippen molar-refractivity contribution in [3.05, 3.63) is 162 Å². The van der Waals surface area contributed by atoms with Crippen LogP contribution in [0.2, 0.25) is 0 Å².